The average Bonchev–Trinajstić information content (AvgIpc) is 2.68. The fourth-order valence-corrected chi connectivity index (χ4v) is 4.91. The van der Waals surface area contributed by atoms with E-state index < -0.39 is 33.6 Å². The van der Waals surface area contributed by atoms with E-state index in [1.54, 1.807) is 12.1 Å². The first-order valence-corrected chi connectivity index (χ1v) is 11.0. The summed E-state index contributed by atoms with van der Waals surface area (Å²) in [6.45, 7) is 0.327. The molecule has 156 valence electrons. The van der Waals surface area contributed by atoms with Gasteiger partial charge in [-0.1, -0.05) is 15.9 Å². The van der Waals surface area contributed by atoms with Crippen molar-refractivity contribution in [2.75, 3.05) is 18.4 Å². The molecule has 0 saturated carbocycles. The second-order valence-electron chi connectivity index (χ2n) is 6.72. The number of anilines is 1. The minimum Gasteiger partial charge on any atom is -0.326 e. The average molecular weight is 491 g/mol. The van der Waals surface area contributed by atoms with Crippen molar-refractivity contribution in [3.63, 3.8) is 0 Å². The third-order valence-corrected chi connectivity index (χ3v) is 7.09. The van der Waals surface area contributed by atoms with Gasteiger partial charge in [-0.15, -0.1) is 0 Å². The summed E-state index contributed by atoms with van der Waals surface area (Å²) in [6, 6.07) is 10.4. The van der Waals surface area contributed by atoms with Crippen LogP contribution in [0.3, 0.4) is 0 Å². The van der Waals surface area contributed by atoms with Crippen LogP contribution in [0.25, 0.3) is 0 Å². The summed E-state index contributed by atoms with van der Waals surface area (Å²) < 4.78 is 65.6. The Morgan fingerprint density at radius 1 is 1.07 bits per heavy atom. The molecule has 3 rings (SSSR count). The molecule has 1 aliphatic rings. The molecule has 0 aromatic heterocycles. The molecule has 5 nitrogen and oxygen atoms in total. The summed E-state index contributed by atoms with van der Waals surface area (Å²) >= 11 is 3.26. The lowest BCUT2D eigenvalue weighted by Crippen LogP contribution is -2.43. The molecule has 0 bridgehead atoms. The van der Waals surface area contributed by atoms with Crippen LogP contribution in [0.2, 0.25) is 0 Å². The maximum atomic E-state index is 12.8. The van der Waals surface area contributed by atoms with E-state index >= 15 is 0 Å². The summed E-state index contributed by atoms with van der Waals surface area (Å²) in [6.07, 6.45) is -3.44. The number of sulfonamides is 1. The Bertz CT molecular complexity index is 977. The van der Waals surface area contributed by atoms with Crippen LogP contribution in [0, 0.1) is 5.92 Å². The SMILES string of the molecule is O=C(Nc1ccc(C(F)(F)F)cc1)[C@@H]1CCCN(S(=O)(=O)c2ccc(Br)cc2)C1. The Balaban J connectivity index is 1.68. The van der Waals surface area contributed by atoms with Gasteiger partial charge in [0.15, 0.2) is 0 Å². The fraction of sp³-hybridized carbons (Fsp3) is 0.316. The minimum atomic E-state index is -4.45. The van der Waals surface area contributed by atoms with Gasteiger partial charge in [-0.2, -0.15) is 17.5 Å². The Morgan fingerprint density at radius 2 is 1.69 bits per heavy atom. The van der Waals surface area contributed by atoms with Crippen molar-refractivity contribution in [3.05, 3.63) is 58.6 Å². The quantitative estimate of drug-likeness (QED) is 0.685. The van der Waals surface area contributed by atoms with E-state index in [1.807, 2.05) is 0 Å². The summed E-state index contributed by atoms with van der Waals surface area (Å²) in [5, 5.41) is 2.58. The molecular formula is C19H18BrF3N2O3S. The van der Waals surface area contributed by atoms with Crippen molar-refractivity contribution in [2.24, 2.45) is 5.92 Å². The number of alkyl halides is 3. The third-order valence-electron chi connectivity index (χ3n) is 4.69. The van der Waals surface area contributed by atoms with Gasteiger partial charge < -0.3 is 5.32 Å². The van der Waals surface area contributed by atoms with Gasteiger partial charge in [-0.05, 0) is 61.4 Å². The standard InChI is InChI=1S/C19H18BrF3N2O3S/c20-15-5-9-17(10-6-15)29(27,28)25-11-1-2-13(12-25)18(26)24-16-7-3-14(4-8-16)19(21,22)23/h3-10,13H,1-2,11-12H2,(H,24,26)/t13-/m1/s1. The molecule has 29 heavy (non-hydrogen) atoms. The van der Waals surface area contributed by atoms with Gasteiger partial charge in [0.25, 0.3) is 0 Å². The molecule has 2 aromatic rings. The van der Waals surface area contributed by atoms with Crippen LogP contribution in [0.4, 0.5) is 18.9 Å². The number of hydrogen-bond acceptors (Lipinski definition) is 3. The van der Waals surface area contributed by atoms with E-state index in [1.165, 1.54) is 28.6 Å². The maximum absolute atomic E-state index is 12.8. The largest absolute Gasteiger partial charge is 0.416 e. The number of nitrogens with zero attached hydrogens (tertiary/aromatic N) is 1. The zero-order chi connectivity index (χ0) is 21.2. The Hall–Kier alpha value is -1.91. The van der Waals surface area contributed by atoms with Crippen LogP contribution in [0.15, 0.2) is 57.9 Å². The summed E-state index contributed by atoms with van der Waals surface area (Å²) in [5.41, 5.74) is -0.573. The topological polar surface area (TPSA) is 66.5 Å². The highest BCUT2D eigenvalue weighted by molar-refractivity contribution is 9.10. The molecule has 10 heteroatoms. The van der Waals surface area contributed by atoms with Crippen molar-refractivity contribution < 1.29 is 26.4 Å². The highest BCUT2D eigenvalue weighted by Crippen LogP contribution is 2.30. The Labute approximate surface area is 175 Å². The smallest absolute Gasteiger partial charge is 0.326 e. The van der Waals surface area contributed by atoms with Gasteiger partial charge in [0.1, 0.15) is 0 Å². The van der Waals surface area contributed by atoms with Gasteiger partial charge in [0.2, 0.25) is 15.9 Å². The molecule has 1 atom stereocenters. The molecule has 1 fully saturated rings. The lowest BCUT2D eigenvalue weighted by molar-refractivity contribution is -0.137. The molecule has 1 saturated heterocycles. The molecule has 0 unspecified atom stereocenters. The number of carbonyl (C=O) groups excluding carboxylic acids is 1. The molecule has 2 aromatic carbocycles. The number of rotatable bonds is 4. The van der Waals surface area contributed by atoms with E-state index in [-0.39, 0.29) is 17.1 Å². The highest BCUT2D eigenvalue weighted by atomic mass is 79.9. The molecular weight excluding hydrogens is 473 g/mol. The van der Waals surface area contributed by atoms with Crippen LogP contribution in [-0.2, 0) is 21.0 Å². The predicted molar refractivity (Wildman–Crippen MR) is 106 cm³/mol. The van der Waals surface area contributed by atoms with E-state index in [0.717, 1.165) is 16.6 Å². The lowest BCUT2D eigenvalue weighted by atomic mass is 9.98. The van der Waals surface area contributed by atoms with Gasteiger partial charge in [0, 0.05) is 23.2 Å². The number of halogens is 4. The number of piperidine rings is 1. The summed E-state index contributed by atoms with van der Waals surface area (Å²) in [4.78, 5) is 12.7. The molecule has 1 amide bonds. The number of nitrogens with one attached hydrogen (secondary N) is 1. The van der Waals surface area contributed by atoms with Crippen molar-refractivity contribution in [2.45, 2.75) is 23.9 Å². The second-order valence-corrected chi connectivity index (χ2v) is 9.57. The lowest BCUT2D eigenvalue weighted by Gasteiger charge is -2.31. The van der Waals surface area contributed by atoms with Crippen molar-refractivity contribution in [1.82, 2.24) is 4.31 Å². The van der Waals surface area contributed by atoms with Gasteiger partial charge >= 0.3 is 6.18 Å². The van der Waals surface area contributed by atoms with Crippen LogP contribution in [0.1, 0.15) is 18.4 Å². The number of hydrogen-bond donors (Lipinski definition) is 1. The van der Waals surface area contributed by atoms with Gasteiger partial charge in [-0.3, -0.25) is 4.79 Å². The van der Waals surface area contributed by atoms with Crippen LogP contribution in [0.5, 0.6) is 0 Å². The van der Waals surface area contributed by atoms with E-state index in [9.17, 15) is 26.4 Å². The zero-order valence-electron chi connectivity index (χ0n) is 15.1. The van der Waals surface area contributed by atoms with Crippen molar-refractivity contribution >= 4 is 37.5 Å². The second kappa shape index (κ2) is 8.45. The predicted octanol–water partition coefficient (Wildman–Crippen LogP) is 4.51. The van der Waals surface area contributed by atoms with Crippen LogP contribution >= 0.6 is 15.9 Å². The molecule has 1 aliphatic heterocycles. The van der Waals surface area contributed by atoms with Crippen molar-refractivity contribution in [1.29, 1.82) is 0 Å². The monoisotopic (exact) mass is 490 g/mol. The van der Waals surface area contributed by atoms with Gasteiger partial charge in [0.05, 0.1) is 16.4 Å². The Kier molecular flexibility index (Phi) is 6.35. The zero-order valence-corrected chi connectivity index (χ0v) is 17.5. The van der Waals surface area contributed by atoms with Crippen LogP contribution < -0.4 is 5.32 Å². The van der Waals surface area contributed by atoms with E-state index in [0.29, 0.717) is 19.4 Å². The first kappa shape index (κ1) is 21.8. The first-order valence-electron chi connectivity index (χ1n) is 8.81. The molecule has 0 spiro atoms. The number of benzene rings is 2. The molecule has 0 aliphatic carbocycles. The van der Waals surface area contributed by atoms with Gasteiger partial charge in [-0.25, -0.2) is 8.42 Å². The highest BCUT2D eigenvalue weighted by Gasteiger charge is 2.34. The summed E-state index contributed by atoms with van der Waals surface area (Å²) in [5.74, 6) is -1.00. The first-order chi connectivity index (χ1) is 13.6. The maximum Gasteiger partial charge on any atom is 0.416 e. The summed E-state index contributed by atoms with van der Waals surface area (Å²) in [7, 11) is -3.73. The number of amides is 1. The molecule has 1 heterocycles. The minimum absolute atomic E-state index is 0.0187. The third kappa shape index (κ3) is 5.18. The van der Waals surface area contributed by atoms with Crippen molar-refractivity contribution in [3.8, 4) is 0 Å². The normalized spacial score (nSPS) is 18.4. The van der Waals surface area contributed by atoms with E-state index in [4.69, 9.17) is 0 Å². The molecule has 0 radical (unpaired) electrons. The van der Waals surface area contributed by atoms with E-state index in [2.05, 4.69) is 21.2 Å². The Morgan fingerprint density at radius 3 is 2.28 bits per heavy atom. The number of carbonyl (C=O) groups is 1. The van der Waals surface area contributed by atoms with Crippen LogP contribution in [-0.4, -0.2) is 31.7 Å². The molecule has 1 N–H and O–H groups in total. The fourth-order valence-electron chi connectivity index (χ4n) is 3.12.